The highest BCUT2D eigenvalue weighted by molar-refractivity contribution is 5.70. The van der Waals surface area contributed by atoms with Gasteiger partial charge in [0.25, 0.3) is 0 Å². The minimum Gasteiger partial charge on any atom is -0.481 e. The number of carboxylic acid groups (broad SMARTS) is 1. The first-order valence-corrected chi connectivity index (χ1v) is 5.61. The third kappa shape index (κ3) is 3.67. The molecule has 1 saturated heterocycles. The Hall–Kier alpha value is -0.830. The zero-order chi connectivity index (χ0) is 11.4. The third-order valence-corrected chi connectivity index (χ3v) is 3.10. The zero-order valence-electron chi connectivity index (χ0n) is 9.86. The normalized spacial score (nSPS) is 27.4. The van der Waals surface area contributed by atoms with Crippen molar-refractivity contribution >= 4 is 5.97 Å². The van der Waals surface area contributed by atoms with Crippen molar-refractivity contribution in [3.05, 3.63) is 11.6 Å². The van der Waals surface area contributed by atoms with Crippen LogP contribution < -0.4 is 0 Å². The number of allylic oxidation sites excluding steroid dienone is 1. The predicted octanol–water partition coefficient (Wildman–Crippen LogP) is 2.14. The first kappa shape index (κ1) is 12.2. The van der Waals surface area contributed by atoms with Gasteiger partial charge in [0, 0.05) is 12.6 Å². The molecule has 0 aromatic rings. The molecule has 0 aliphatic carbocycles. The fourth-order valence-corrected chi connectivity index (χ4v) is 2.02. The zero-order valence-corrected chi connectivity index (χ0v) is 9.86. The summed E-state index contributed by atoms with van der Waals surface area (Å²) in [5, 5.41) is 8.93. The van der Waals surface area contributed by atoms with Gasteiger partial charge in [-0.1, -0.05) is 11.6 Å². The van der Waals surface area contributed by atoms with Crippen molar-refractivity contribution in [2.45, 2.75) is 39.7 Å². The number of hydrogen-bond acceptors (Lipinski definition) is 2. The molecule has 0 saturated carbocycles. The second-order valence-corrected chi connectivity index (χ2v) is 4.68. The van der Waals surface area contributed by atoms with E-state index in [1.54, 1.807) is 0 Å². The molecule has 0 aromatic heterocycles. The summed E-state index contributed by atoms with van der Waals surface area (Å²) in [4.78, 5) is 13.2. The van der Waals surface area contributed by atoms with Crippen molar-refractivity contribution in [3.8, 4) is 0 Å². The van der Waals surface area contributed by atoms with Gasteiger partial charge in [0.05, 0.1) is 5.92 Å². The van der Waals surface area contributed by atoms with E-state index in [-0.39, 0.29) is 5.92 Å². The summed E-state index contributed by atoms with van der Waals surface area (Å²) in [6, 6.07) is 0.385. The van der Waals surface area contributed by atoms with Gasteiger partial charge in [-0.05, 0) is 40.2 Å². The molecular formula is C12H21NO2. The summed E-state index contributed by atoms with van der Waals surface area (Å²) in [6.07, 6.45) is 3.78. The van der Waals surface area contributed by atoms with Crippen molar-refractivity contribution in [2.75, 3.05) is 13.1 Å². The monoisotopic (exact) mass is 211 g/mol. The smallest absolute Gasteiger partial charge is 0.306 e. The molecule has 3 nitrogen and oxygen atoms in total. The number of piperidine rings is 1. The predicted molar refractivity (Wildman–Crippen MR) is 60.8 cm³/mol. The molecule has 3 heteroatoms. The van der Waals surface area contributed by atoms with Crippen molar-refractivity contribution in [3.63, 3.8) is 0 Å². The lowest BCUT2D eigenvalue weighted by atomic mass is 9.92. The highest BCUT2D eigenvalue weighted by Crippen LogP contribution is 2.22. The van der Waals surface area contributed by atoms with Crippen LogP contribution in [-0.4, -0.2) is 35.1 Å². The van der Waals surface area contributed by atoms with E-state index in [9.17, 15) is 4.79 Å². The van der Waals surface area contributed by atoms with Crippen LogP contribution in [0.15, 0.2) is 11.6 Å². The van der Waals surface area contributed by atoms with E-state index in [0.29, 0.717) is 6.04 Å². The minimum absolute atomic E-state index is 0.136. The quantitative estimate of drug-likeness (QED) is 0.727. The third-order valence-electron chi connectivity index (χ3n) is 3.10. The molecule has 1 rings (SSSR count). The number of rotatable bonds is 3. The number of likely N-dealkylation sites (tertiary alicyclic amines) is 1. The SMILES string of the molecule is CC(C)=CCN1CCC(C(=O)O)CC1C. The lowest BCUT2D eigenvalue weighted by molar-refractivity contribution is -0.143. The van der Waals surface area contributed by atoms with Crippen LogP contribution >= 0.6 is 0 Å². The Balaban J connectivity index is 2.45. The van der Waals surface area contributed by atoms with Gasteiger partial charge in [0.2, 0.25) is 0 Å². The van der Waals surface area contributed by atoms with Gasteiger partial charge in [-0.2, -0.15) is 0 Å². The molecule has 1 N–H and O–H groups in total. The van der Waals surface area contributed by atoms with E-state index < -0.39 is 5.97 Å². The highest BCUT2D eigenvalue weighted by atomic mass is 16.4. The molecule has 0 aromatic carbocycles. The lowest BCUT2D eigenvalue weighted by Crippen LogP contribution is -2.42. The maximum absolute atomic E-state index is 10.8. The summed E-state index contributed by atoms with van der Waals surface area (Å²) in [5.74, 6) is -0.772. The van der Waals surface area contributed by atoms with Gasteiger partial charge in [0.1, 0.15) is 0 Å². The number of carboxylic acids is 1. The number of nitrogens with zero attached hydrogens (tertiary/aromatic N) is 1. The standard InChI is InChI=1S/C12H21NO2/c1-9(2)4-6-13-7-5-11(12(14)15)8-10(13)3/h4,10-11H,5-8H2,1-3H3,(H,14,15). The summed E-state index contributed by atoms with van der Waals surface area (Å²) in [6.45, 7) is 8.16. The van der Waals surface area contributed by atoms with Gasteiger partial charge in [-0.3, -0.25) is 9.69 Å². The molecule has 1 heterocycles. The van der Waals surface area contributed by atoms with Crippen LogP contribution in [0.4, 0.5) is 0 Å². The van der Waals surface area contributed by atoms with Crippen molar-refractivity contribution < 1.29 is 9.90 Å². The summed E-state index contributed by atoms with van der Waals surface area (Å²) in [7, 11) is 0. The van der Waals surface area contributed by atoms with Crippen molar-refractivity contribution in [1.82, 2.24) is 4.90 Å². The van der Waals surface area contributed by atoms with E-state index in [1.807, 2.05) is 0 Å². The van der Waals surface area contributed by atoms with Gasteiger partial charge in [-0.15, -0.1) is 0 Å². The first-order chi connectivity index (χ1) is 7.00. The molecule has 15 heavy (non-hydrogen) atoms. The van der Waals surface area contributed by atoms with E-state index in [0.717, 1.165) is 25.9 Å². The summed E-state index contributed by atoms with van der Waals surface area (Å²) >= 11 is 0. The largest absolute Gasteiger partial charge is 0.481 e. The number of carbonyl (C=O) groups is 1. The van der Waals surface area contributed by atoms with E-state index >= 15 is 0 Å². The van der Waals surface area contributed by atoms with E-state index in [4.69, 9.17) is 5.11 Å². The van der Waals surface area contributed by atoms with Crippen molar-refractivity contribution in [2.24, 2.45) is 5.92 Å². The Morgan fingerprint density at radius 3 is 2.67 bits per heavy atom. The van der Waals surface area contributed by atoms with Crippen LogP contribution in [0.25, 0.3) is 0 Å². The molecule has 0 bridgehead atoms. The average molecular weight is 211 g/mol. The van der Waals surface area contributed by atoms with E-state index in [2.05, 4.69) is 31.7 Å². The molecule has 1 aliphatic rings. The Kier molecular flexibility index (Phi) is 4.33. The average Bonchev–Trinajstić information content (AvgIpc) is 2.15. The lowest BCUT2D eigenvalue weighted by Gasteiger charge is -2.35. The molecule has 0 amide bonds. The van der Waals surface area contributed by atoms with Gasteiger partial charge in [0.15, 0.2) is 0 Å². The number of hydrogen-bond donors (Lipinski definition) is 1. The van der Waals surface area contributed by atoms with Crippen LogP contribution in [0.2, 0.25) is 0 Å². The highest BCUT2D eigenvalue weighted by Gasteiger charge is 2.28. The van der Waals surface area contributed by atoms with Gasteiger partial charge in [-0.25, -0.2) is 0 Å². The second-order valence-electron chi connectivity index (χ2n) is 4.68. The summed E-state index contributed by atoms with van der Waals surface area (Å²) in [5.41, 5.74) is 1.32. The molecule has 86 valence electrons. The Morgan fingerprint density at radius 1 is 1.53 bits per heavy atom. The fraction of sp³-hybridized carbons (Fsp3) is 0.750. The van der Waals surface area contributed by atoms with Crippen LogP contribution in [0.3, 0.4) is 0 Å². The topological polar surface area (TPSA) is 40.5 Å². The van der Waals surface area contributed by atoms with Crippen LogP contribution in [0, 0.1) is 5.92 Å². The van der Waals surface area contributed by atoms with E-state index in [1.165, 1.54) is 5.57 Å². The molecule has 2 unspecified atom stereocenters. The van der Waals surface area contributed by atoms with Crippen LogP contribution in [0.1, 0.15) is 33.6 Å². The Bertz CT molecular complexity index is 256. The minimum atomic E-state index is -0.635. The van der Waals surface area contributed by atoms with Gasteiger partial charge < -0.3 is 5.11 Å². The van der Waals surface area contributed by atoms with Crippen molar-refractivity contribution in [1.29, 1.82) is 0 Å². The molecule has 2 atom stereocenters. The second kappa shape index (κ2) is 5.31. The maximum Gasteiger partial charge on any atom is 0.306 e. The molecule has 1 fully saturated rings. The maximum atomic E-state index is 10.8. The fourth-order valence-electron chi connectivity index (χ4n) is 2.02. The van der Waals surface area contributed by atoms with Crippen LogP contribution in [-0.2, 0) is 4.79 Å². The Labute approximate surface area is 91.8 Å². The van der Waals surface area contributed by atoms with Crippen LogP contribution in [0.5, 0.6) is 0 Å². The molecule has 1 aliphatic heterocycles. The molecular weight excluding hydrogens is 190 g/mol. The molecule has 0 spiro atoms. The number of aliphatic carboxylic acids is 1. The first-order valence-electron chi connectivity index (χ1n) is 5.61. The Morgan fingerprint density at radius 2 is 2.20 bits per heavy atom. The molecule has 0 radical (unpaired) electrons. The van der Waals surface area contributed by atoms with Gasteiger partial charge >= 0.3 is 5.97 Å². The summed E-state index contributed by atoms with van der Waals surface area (Å²) < 4.78 is 0.